The summed E-state index contributed by atoms with van der Waals surface area (Å²) in [5, 5.41) is 10.4. The summed E-state index contributed by atoms with van der Waals surface area (Å²) >= 11 is 0. The van der Waals surface area contributed by atoms with E-state index in [2.05, 4.69) is 0 Å². The van der Waals surface area contributed by atoms with Crippen LogP contribution in [0.25, 0.3) is 0 Å². The van der Waals surface area contributed by atoms with Gasteiger partial charge in [-0.1, -0.05) is 30.3 Å². The van der Waals surface area contributed by atoms with E-state index in [4.69, 9.17) is 9.47 Å². The van der Waals surface area contributed by atoms with E-state index in [0.717, 1.165) is 4.31 Å². The third-order valence-corrected chi connectivity index (χ3v) is 8.41. The Morgan fingerprint density at radius 2 is 1.76 bits per heavy atom. The molecule has 2 aromatic rings. The number of aliphatic hydroxyl groups is 1. The number of sulfone groups is 1. The van der Waals surface area contributed by atoms with Gasteiger partial charge in [-0.05, 0) is 17.7 Å². The van der Waals surface area contributed by atoms with Crippen LogP contribution in [0.1, 0.15) is 5.56 Å². The van der Waals surface area contributed by atoms with Crippen LogP contribution in [0.3, 0.4) is 0 Å². The smallest absolute Gasteiger partial charge is 0.247 e. The molecule has 29 heavy (non-hydrogen) atoms. The number of rotatable bonds is 7. The zero-order valence-electron chi connectivity index (χ0n) is 16.1. The number of nitrogens with zero attached hydrogens (tertiary/aromatic N) is 1. The zero-order valence-corrected chi connectivity index (χ0v) is 17.7. The molecule has 1 fully saturated rings. The molecule has 0 spiro atoms. The van der Waals surface area contributed by atoms with Crippen LogP contribution in [-0.2, 0) is 26.4 Å². The van der Waals surface area contributed by atoms with Gasteiger partial charge in [-0.25, -0.2) is 16.8 Å². The van der Waals surface area contributed by atoms with E-state index in [9.17, 15) is 21.9 Å². The average Bonchev–Trinajstić information content (AvgIpc) is 2.98. The first-order valence-corrected chi connectivity index (χ1v) is 12.1. The summed E-state index contributed by atoms with van der Waals surface area (Å²) in [4.78, 5) is -0.131. The van der Waals surface area contributed by atoms with Gasteiger partial charge in [0.15, 0.2) is 9.84 Å². The maximum atomic E-state index is 13.6. The maximum absolute atomic E-state index is 13.6. The summed E-state index contributed by atoms with van der Waals surface area (Å²) in [6, 6.07) is 12.0. The fourth-order valence-electron chi connectivity index (χ4n) is 3.34. The predicted octanol–water partition coefficient (Wildman–Crippen LogP) is 1.05. The number of aliphatic hydroxyl groups excluding tert-OH is 1. The van der Waals surface area contributed by atoms with Crippen molar-refractivity contribution in [3.05, 3.63) is 54.1 Å². The highest BCUT2D eigenvalue weighted by atomic mass is 32.2. The van der Waals surface area contributed by atoms with Crippen molar-refractivity contribution >= 4 is 19.9 Å². The lowest BCUT2D eigenvalue weighted by atomic mass is 10.2. The van der Waals surface area contributed by atoms with Crippen molar-refractivity contribution in [2.45, 2.75) is 23.6 Å². The van der Waals surface area contributed by atoms with Crippen molar-refractivity contribution < 1.29 is 31.4 Å². The first-order chi connectivity index (χ1) is 13.7. The number of hydrogen-bond donors (Lipinski definition) is 1. The molecule has 2 aromatic carbocycles. The van der Waals surface area contributed by atoms with E-state index in [1.807, 2.05) is 0 Å². The molecule has 0 radical (unpaired) electrons. The monoisotopic (exact) mass is 441 g/mol. The van der Waals surface area contributed by atoms with E-state index in [-0.39, 0.29) is 17.2 Å². The SMILES string of the molecule is COc1ccc(S(=O)(=O)N(Cc2ccccc2)[C@@H]2CS(=O)(=O)C[C@H]2O)c(OC)c1. The van der Waals surface area contributed by atoms with E-state index < -0.39 is 43.5 Å². The number of hydrogen-bond acceptors (Lipinski definition) is 7. The van der Waals surface area contributed by atoms with Crippen molar-refractivity contribution in [3.63, 3.8) is 0 Å². The minimum absolute atomic E-state index is 0.0674. The van der Waals surface area contributed by atoms with Crippen molar-refractivity contribution in [3.8, 4) is 11.5 Å². The third kappa shape index (κ3) is 4.55. The summed E-state index contributed by atoms with van der Waals surface area (Å²) in [6.45, 7) is -0.0877. The second-order valence-electron chi connectivity index (χ2n) is 6.76. The highest BCUT2D eigenvalue weighted by Crippen LogP contribution is 2.34. The first-order valence-electron chi connectivity index (χ1n) is 8.84. The van der Waals surface area contributed by atoms with Crippen LogP contribution in [0.5, 0.6) is 11.5 Å². The van der Waals surface area contributed by atoms with Crippen LogP contribution in [0.15, 0.2) is 53.4 Å². The molecule has 8 nitrogen and oxygen atoms in total. The molecule has 0 saturated carbocycles. The summed E-state index contributed by atoms with van der Waals surface area (Å²) in [5.41, 5.74) is 0.667. The second-order valence-corrected chi connectivity index (χ2v) is 10.8. The Bertz CT molecular complexity index is 1070. The molecule has 2 atom stereocenters. The summed E-state index contributed by atoms with van der Waals surface area (Å²) in [7, 11) is -4.98. The molecular formula is C19H23NO7S2. The van der Waals surface area contributed by atoms with Crippen LogP contribution < -0.4 is 9.47 Å². The lowest BCUT2D eigenvalue weighted by Gasteiger charge is -2.30. The normalized spacial score (nSPS) is 21.2. The number of sulfonamides is 1. The van der Waals surface area contributed by atoms with Gasteiger partial charge in [0.05, 0.1) is 37.9 Å². The van der Waals surface area contributed by atoms with Crippen molar-refractivity contribution in [1.29, 1.82) is 0 Å². The number of benzene rings is 2. The fourth-order valence-corrected chi connectivity index (χ4v) is 7.02. The Kier molecular flexibility index (Phi) is 6.18. The lowest BCUT2D eigenvalue weighted by molar-refractivity contribution is 0.125. The molecule has 0 amide bonds. The maximum Gasteiger partial charge on any atom is 0.247 e. The molecule has 0 unspecified atom stereocenters. The molecule has 1 aliphatic rings. The average molecular weight is 442 g/mol. The second kappa shape index (κ2) is 8.31. The summed E-state index contributed by atoms with van der Waals surface area (Å²) in [5.74, 6) is -0.437. The zero-order chi connectivity index (χ0) is 21.2. The Balaban J connectivity index is 2.10. The van der Waals surface area contributed by atoms with Crippen LogP contribution in [0.2, 0.25) is 0 Å². The van der Waals surface area contributed by atoms with Gasteiger partial charge in [0.25, 0.3) is 0 Å². The lowest BCUT2D eigenvalue weighted by Crippen LogP contribution is -2.46. The van der Waals surface area contributed by atoms with E-state index in [0.29, 0.717) is 11.3 Å². The van der Waals surface area contributed by atoms with Crippen molar-refractivity contribution in [1.82, 2.24) is 4.31 Å². The van der Waals surface area contributed by atoms with Gasteiger partial charge in [-0.2, -0.15) is 4.31 Å². The Hall–Kier alpha value is -2.14. The molecule has 158 valence electrons. The highest BCUT2D eigenvalue weighted by Gasteiger charge is 2.45. The Labute approximate surface area is 170 Å². The molecule has 10 heteroatoms. The van der Waals surface area contributed by atoms with E-state index in [1.54, 1.807) is 30.3 Å². The van der Waals surface area contributed by atoms with E-state index >= 15 is 0 Å². The van der Waals surface area contributed by atoms with Gasteiger partial charge in [-0.3, -0.25) is 0 Å². The van der Waals surface area contributed by atoms with E-state index in [1.165, 1.54) is 32.4 Å². The molecule has 1 heterocycles. The Morgan fingerprint density at radius 1 is 1.07 bits per heavy atom. The minimum Gasteiger partial charge on any atom is -0.497 e. The van der Waals surface area contributed by atoms with Crippen LogP contribution >= 0.6 is 0 Å². The van der Waals surface area contributed by atoms with Gasteiger partial charge in [0.2, 0.25) is 10.0 Å². The van der Waals surface area contributed by atoms with Crippen LogP contribution in [0.4, 0.5) is 0 Å². The predicted molar refractivity (Wildman–Crippen MR) is 107 cm³/mol. The molecule has 0 aliphatic carbocycles. The molecule has 1 aliphatic heterocycles. The molecule has 3 rings (SSSR count). The van der Waals surface area contributed by atoms with Gasteiger partial charge in [-0.15, -0.1) is 0 Å². The highest BCUT2D eigenvalue weighted by molar-refractivity contribution is 7.92. The molecule has 0 bridgehead atoms. The van der Waals surface area contributed by atoms with Crippen molar-refractivity contribution in [2.75, 3.05) is 25.7 Å². The first kappa shape index (κ1) is 21.6. The molecule has 0 aromatic heterocycles. The molecule has 1 saturated heterocycles. The summed E-state index contributed by atoms with van der Waals surface area (Å²) < 4.78 is 62.6. The van der Waals surface area contributed by atoms with Crippen LogP contribution in [-0.4, -0.2) is 64.1 Å². The fraction of sp³-hybridized carbons (Fsp3) is 0.368. The Morgan fingerprint density at radius 3 is 2.31 bits per heavy atom. The van der Waals surface area contributed by atoms with Gasteiger partial charge in [0, 0.05) is 12.6 Å². The molecule has 1 N–H and O–H groups in total. The van der Waals surface area contributed by atoms with Crippen LogP contribution in [0, 0.1) is 0 Å². The summed E-state index contributed by atoms with van der Waals surface area (Å²) in [6.07, 6.45) is -1.32. The quantitative estimate of drug-likeness (QED) is 0.684. The topological polar surface area (TPSA) is 110 Å². The largest absolute Gasteiger partial charge is 0.497 e. The van der Waals surface area contributed by atoms with Gasteiger partial charge < -0.3 is 14.6 Å². The number of ether oxygens (including phenoxy) is 2. The minimum atomic E-state index is -4.21. The van der Waals surface area contributed by atoms with Crippen molar-refractivity contribution in [2.24, 2.45) is 0 Å². The number of methoxy groups -OCH3 is 2. The van der Waals surface area contributed by atoms with Gasteiger partial charge in [0.1, 0.15) is 16.4 Å². The molecular weight excluding hydrogens is 418 g/mol. The standard InChI is InChI=1S/C19H23NO7S2/c1-26-15-8-9-19(18(10-15)27-2)29(24,25)20(11-14-6-4-3-5-7-14)16-12-28(22,23)13-17(16)21/h3-10,16-17,21H,11-13H2,1-2H3/t16-,17-/m1/s1. The third-order valence-electron chi connectivity index (χ3n) is 4.80. The van der Waals surface area contributed by atoms with Gasteiger partial charge >= 0.3 is 0 Å².